The van der Waals surface area contributed by atoms with Crippen molar-refractivity contribution in [1.82, 2.24) is 0 Å². The third kappa shape index (κ3) is 6.04. The monoisotopic (exact) mass is 479 g/mol. The molecule has 0 aliphatic heterocycles. The van der Waals surface area contributed by atoms with Crippen LogP contribution in [0.5, 0.6) is 0 Å². The van der Waals surface area contributed by atoms with E-state index in [1.54, 1.807) is 13.8 Å². The quantitative estimate of drug-likeness (QED) is 0.179. The highest BCUT2D eigenvalue weighted by Gasteiger charge is 2.27. The normalized spacial score (nSPS) is 10.3. The Hall–Kier alpha value is -4.00. The first kappa shape index (κ1) is 25.3. The van der Waals surface area contributed by atoms with Gasteiger partial charge in [0.15, 0.2) is 6.61 Å². The SMILES string of the molecule is CCOC(=O)c1sc(NC(=O)COC(=O)c2cc([N+](=O)[O-])ccc2N)c(C(=O)OCC)c1C. The molecule has 13 heteroatoms. The van der Waals surface area contributed by atoms with Crippen molar-refractivity contribution in [3.63, 3.8) is 0 Å². The van der Waals surface area contributed by atoms with Gasteiger partial charge in [-0.25, -0.2) is 14.4 Å². The Balaban J connectivity index is 2.19. The van der Waals surface area contributed by atoms with Crippen molar-refractivity contribution in [3.05, 3.63) is 49.9 Å². The van der Waals surface area contributed by atoms with E-state index in [-0.39, 0.29) is 51.2 Å². The second-order valence-electron chi connectivity index (χ2n) is 6.35. The molecule has 3 N–H and O–H groups in total. The van der Waals surface area contributed by atoms with Gasteiger partial charge in [0.2, 0.25) is 0 Å². The Morgan fingerprint density at radius 2 is 1.70 bits per heavy atom. The number of carbonyl (C=O) groups excluding carboxylic acids is 4. The molecule has 0 spiro atoms. The van der Waals surface area contributed by atoms with E-state index in [0.29, 0.717) is 0 Å². The number of nitrogens with two attached hydrogens (primary N) is 1. The molecule has 0 fully saturated rings. The summed E-state index contributed by atoms with van der Waals surface area (Å²) in [6, 6.07) is 3.23. The van der Waals surface area contributed by atoms with Crippen LogP contribution in [0.3, 0.4) is 0 Å². The average Bonchev–Trinajstić information content (AvgIpc) is 3.08. The highest BCUT2D eigenvalue weighted by Crippen LogP contribution is 2.34. The molecular formula is C20H21N3O9S. The number of hydrogen-bond donors (Lipinski definition) is 2. The van der Waals surface area contributed by atoms with Crippen molar-refractivity contribution in [3.8, 4) is 0 Å². The molecule has 0 atom stereocenters. The summed E-state index contributed by atoms with van der Waals surface area (Å²) in [4.78, 5) is 59.4. The second-order valence-corrected chi connectivity index (χ2v) is 7.37. The lowest BCUT2D eigenvalue weighted by Crippen LogP contribution is -2.22. The van der Waals surface area contributed by atoms with E-state index in [1.807, 2.05) is 0 Å². The molecule has 0 unspecified atom stereocenters. The van der Waals surface area contributed by atoms with E-state index >= 15 is 0 Å². The van der Waals surface area contributed by atoms with Crippen LogP contribution >= 0.6 is 11.3 Å². The number of anilines is 2. The van der Waals surface area contributed by atoms with Crippen molar-refractivity contribution in [2.45, 2.75) is 20.8 Å². The second kappa shape index (κ2) is 11.0. The number of esters is 3. The van der Waals surface area contributed by atoms with Crippen LogP contribution in [0.15, 0.2) is 18.2 Å². The zero-order valence-corrected chi connectivity index (χ0v) is 18.8. The minimum Gasteiger partial charge on any atom is -0.462 e. The molecule has 33 heavy (non-hydrogen) atoms. The smallest absolute Gasteiger partial charge is 0.348 e. The van der Waals surface area contributed by atoms with E-state index in [2.05, 4.69) is 5.32 Å². The first-order valence-corrected chi connectivity index (χ1v) is 10.4. The number of nitro benzene ring substituents is 1. The first-order valence-electron chi connectivity index (χ1n) is 9.59. The van der Waals surface area contributed by atoms with Crippen LogP contribution in [-0.4, -0.2) is 48.6 Å². The van der Waals surface area contributed by atoms with Crippen LogP contribution in [0.2, 0.25) is 0 Å². The van der Waals surface area contributed by atoms with Crippen molar-refractivity contribution in [1.29, 1.82) is 0 Å². The van der Waals surface area contributed by atoms with Crippen molar-refractivity contribution in [2.75, 3.05) is 30.9 Å². The van der Waals surface area contributed by atoms with E-state index < -0.39 is 35.3 Å². The zero-order chi connectivity index (χ0) is 24.7. The Morgan fingerprint density at radius 1 is 1.06 bits per heavy atom. The maximum atomic E-state index is 12.4. The van der Waals surface area contributed by atoms with E-state index in [1.165, 1.54) is 13.0 Å². The number of nitrogens with zero attached hydrogens (tertiary/aromatic N) is 1. The molecule has 12 nitrogen and oxygen atoms in total. The lowest BCUT2D eigenvalue weighted by atomic mass is 10.1. The molecule has 1 aromatic carbocycles. The number of thiophene rings is 1. The van der Waals surface area contributed by atoms with Crippen molar-refractivity contribution >= 4 is 51.5 Å². The highest BCUT2D eigenvalue weighted by molar-refractivity contribution is 7.18. The van der Waals surface area contributed by atoms with Crippen LogP contribution in [0.25, 0.3) is 0 Å². The number of nitrogens with one attached hydrogen (secondary N) is 1. The van der Waals surface area contributed by atoms with Gasteiger partial charge in [-0.15, -0.1) is 11.3 Å². The van der Waals surface area contributed by atoms with E-state index in [9.17, 15) is 29.3 Å². The van der Waals surface area contributed by atoms with Gasteiger partial charge in [-0.2, -0.15) is 0 Å². The number of ether oxygens (including phenoxy) is 3. The van der Waals surface area contributed by atoms with Gasteiger partial charge in [0.25, 0.3) is 11.6 Å². The van der Waals surface area contributed by atoms with Gasteiger partial charge in [0.05, 0.1) is 29.3 Å². The minimum absolute atomic E-state index is 0.0184. The fourth-order valence-corrected chi connectivity index (χ4v) is 3.75. The number of rotatable bonds is 9. The Bertz CT molecular complexity index is 1110. The maximum Gasteiger partial charge on any atom is 0.348 e. The average molecular weight is 479 g/mol. The first-order chi connectivity index (χ1) is 15.6. The summed E-state index contributed by atoms with van der Waals surface area (Å²) >= 11 is 0.812. The van der Waals surface area contributed by atoms with E-state index in [4.69, 9.17) is 19.9 Å². The summed E-state index contributed by atoms with van der Waals surface area (Å²) in [5.41, 5.74) is 5.19. The van der Waals surface area contributed by atoms with Gasteiger partial charge >= 0.3 is 17.9 Å². The predicted octanol–water partition coefficient (Wildman–Crippen LogP) is 2.70. The summed E-state index contributed by atoms with van der Waals surface area (Å²) in [7, 11) is 0. The predicted molar refractivity (Wildman–Crippen MR) is 117 cm³/mol. The topological polar surface area (TPSA) is 177 Å². The fraction of sp³-hybridized carbons (Fsp3) is 0.300. The van der Waals surface area contributed by atoms with Gasteiger partial charge in [0, 0.05) is 17.8 Å². The van der Waals surface area contributed by atoms with Crippen LogP contribution in [0, 0.1) is 17.0 Å². The number of benzene rings is 1. The molecule has 0 saturated heterocycles. The molecule has 2 aromatic rings. The molecule has 0 aliphatic carbocycles. The third-order valence-corrected chi connectivity index (χ3v) is 5.33. The third-order valence-electron chi connectivity index (χ3n) is 4.14. The van der Waals surface area contributed by atoms with Crippen LogP contribution in [-0.2, 0) is 19.0 Å². The maximum absolute atomic E-state index is 12.4. The number of nitrogen functional groups attached to an aromatic ring is 1. The van der Waals surface area contributed by atoms with Gasteiger partial charge in [-0.1, -0.05) is 0 Å². The van der Waals surface area contributed by atoms with Gasteiger partial charge in [0.1, 0.15) is 9.88 Å². The molecule has 1 amide bonds. The summed E-state index contributed by atoms with van der Waals surface area (Å²) in [5, 5.41) is 13.3. The standard InChI is InChI=1S/C20H21N3O9S/c1-4-30-19(26)15-10(3)16(20(27)31-5-2)33-17(15)22-14(24)9-32-18(25)12-8-11(23(28)29)6-7-13(12)21/h6-8H,4-5,9,21H2,1-3H3,(H,22,24). The Kier molecular flexibility index (Phi) is 8.45. The minimum atomic E-state index is -1.05. The number of carbonyl (C=O) groups is 4. The zero-order valence-electron chi connectivity index (χ0n) is 18.0. The largest absolute Gasteiger partial charge is 0.462 e. The van der Waals surface area contributed by atoms with Crippen LogP contribution in [0.1, 0.15) is 49.8 Å². The summed E-state index contributed by atoms with van der Waals surface area (Å²) in [6.45, 7) is 4.13. The highest BCUT2D eigenvalue weighted by atomic mass is 32.1. The number of nitro groups is 1. The van der Waals surface area contributed by atoms with Gasteiger partial charge < -0.3 is 25.3 Å². The molecule has 0 radical (unpaired) electrons. The number of amides is 1. The van der Waals surface area contributed by atoms with Crippen LogP contribution < -0.4 is 11.1 Å². The molecule has 1 heterocycles. The lowest BCUT2D eigenvalue weighted by molar-refractivity contribution is -0.384. The fourth-order valence-electron chi connectivity index (χ4n) is 2.65. The Labute approximate surface area is 191 Å². The van der Waals surface area contributed by atoms with Gasteiger partial charge in [-0.05, 0) is 32.4 Å². The molecule has 176 valence electrons. The molecular weight excluding hydrogens is 458 g/mol. The summed E-state index contributed by atoms with van der Waals surface area (Å²) < 4.78 is 14.9. The molecule has 0 saturated carbocycles. The van der Waals surface area contributed by atoms with Crippen molar-refractivity contribution < 1.29 is 38.3 Å². The number of non-ortho nitro benzene ring substituents is 1. The summed E-state index contributed by atoms with van der Waals surface area (Å²) in [6.07, 6.45) is 0. The van der Waals surface area contributed by atoms with Crippen LogP contribution in [0.4, 0.5) is 16.4 Å². The van der Waals surface area contributed by atoms with E-state index in [0.717, 1.165) is 23.5 Å². The lowest BCUT2D eigenvalue weighted by Gasteiger charge is -2.09. The summed E-state index contributed by atoms with van der Waals surface area (Å²) in [5.74, 6) is -3.29. The molecule has 1 aromatic heterocycles. The molecule has 2 rings (SSSR count). The van der Waals surface area contributed by atoms with Crippen molar-refractivity contribution in [2.24, 2.45) is 0 Å². The Morgan fingerprint density at radius 3 is 2.30 bits per heavy atom. The van der Waals surface area contributed by atoms with Gasteiger partial charge in [-0.3, -0.25) is 14.9 Å². The molecule has 0 aliphatic rings. The molecule has 0 bridgehead atoms. The number of hydrogen-bond acceptors (Lipinski definition) is 11.